The van der Waals surface area contributed by atoms with Gasteiger partial charge >= 0.3 is 0 Å². The van der Waals surface area contributed by atoms with E-state index < -0.39 is 0 Å². The van der Waals surface area contributed by atoms with Crippen LogP contribution >= 0.6 is 0 Å². The molecule has 166 valence electrons. The third-order valence-electron chi connectivity index (χ3n) is 6.01. The number of amides is 2. The number of carbonyl (C=O) groups is 2. The quantitative estimate of drug-likeness (QED) is 0.453. The summed E-state index contributed by atoms with van der Waals surface area (Å²) in [6.45, 7) is 9.34. The second kappa shape index (κ2) is 10.9. The van der Waals surface area contributed by atoms with Gasteiger partial charge in [0.2, 0.25) is 5.91 Å². The fraction of sp³-hybridized carbons (Fsp3) is 0.417. The summed E-state index contributed by atoms with van der Waals surface area (Å²) in [6.07, 6.45) is 0. The van der Waals surface area contributed by atoms with Gasteiger partial charge in [-0.1, -0.05) is 12.1 Å². The maximum absolute atomic E-state index is 12.3. The first-order valence-electron chi connectivity index (χ1n) is 10.9. The molecule has 7 heteroatoms. The van der Waals surface area contributed by atoms with E-state index >= 15 is 0 Å². The third kappa shape index (κ3) is 6.80. The maximum atomic E-state index is 12.3. The van der Waals surface area contributed by atoms with Crippen molar-refractivity contribution in [1.82, 2.24) is 5.32 Å². The second-order valence-electron chi connectivity index (χ2n) is 8.27. The van der Waals surface area contributed by atoms with Crippen molar-refractivity contribution in [2.45, 2.75) is 20.4 Å². The number of methoxy groups -OCH3 is 1. The Morgan fingerprint density at radius 3 is 2.29 bits per heavy atom. The predicted octanol–water partition coefficient (Wildman–Crippen LogP) is -0.650. The van der Waals surface area contributed by atoms with Crippen LogP contribution in [0.5, 0.6) is 5.75 Å². The number of nitrogens with one attached hydrogen (secondary N) is 4. The molecular weight excluding hydrogens is 392 g/mol. The summed E-state index contributed by atoms with van der Waals surface area (Å²) < 4.78 is 5.21. The van der Waals surface area contributed by atoms with Gasteiger partial charge in [0.15, 0.2) is 6.54 Å². The number of hydrogen-bond donors (Lipinski definition) is 4. The summed E-state index contributed by atoms with van der Waals surface area (Å²) in [5.74, 6) is 0.595. The standard InChI is InChI=1S/C24H32N4O3/c1-18-5-4-6-22(19(18)2)26-23(29)15-25-24(30)17-28-13-11-27(12-14-28)16-20-7-9-21(31-3)10-8-20/h4-10H,11-17H2,1-3H3,(H,25,30)(H,26,29)/p+2. The van der Waals surface area contributed by atoms with Crippen LogP contribution in [0.2, 0.25) is 0 Å². The lowest BCUT2D eigenvalue weighted by Gasteiger charge is -2.29. The molecule has 1 aliphatic rings. The molecule has 0 spiro atoms. The van der Waals surface area contributed by atoms with E-state index in [1.54, 1.807) is 7.11 Å². The molecule has 2 amide bonds. The zero-order valence-corrected chi connectivity index (χ0v) is 18.7. The number of hydrogen-bond acceptors (Lipinski definition) is 3. The minimum atomic E-state index is -0.203. The average Bonchev–Trinajstić information content (AvgIpc) is 2.77. The lowest BCUT2D eigenvalue weighted by Crippen LogP contribution is -3.28. The zero-order valence-electron chi connectivity index (χ0n) is 18.7. The van der Waals surface area contributed by atoms with E-state index in [4.69, 9.17) is 4.74 Å². The summed E-state index contributed by atoms with van der Waals surface area (Å²) in [5, 5.41) is 5.63. The molecule has 0 aromatic heterocycles. The topological polar surface area (TPSA) is 76.3 Å². The largest absolute Gasteiger partial charge is 0.497 e. The second-order valence-corrected chi connectivity index (χ2v) is 8.27. The first-order chi connectivity index (χ1) is 14.9. The number of rotatable bonds is 8. The number of aryl methyl sites for hydroxylation is 1. The van der Waals surface area contributed by atoms with Crippen molar-refractivity contribution in [2.24, 2.45) is 0 Å². The van der Waals surface area contributed by atoms with Crippen molar-refractivity contribution < 1.29 is 24.1 Å². The van der Waals surface area contributed by atoms with Crippen molar-refractivity contribution in [3.05, 3.63) is 59.2 Å². The molecule has 0 radical (unpaired) electrons. The van der Waals surface area contributed by atoms with Gasteiger partial charge in [0.1, 0.15) is 38.5 Å². The normalized spacial score (nSPS) is 18.3. The first-order valence-corrected chi connectivity index (χ1v) is 10.9. The Labute approximate surface area is 184 Å². The average molecular weight is 427 g/mol. The van der Waals surface area contributed by atoms with Crippen LogP contribution in [-0.4, -0.2) is 58.2 Å². The Morgan fingerprint density at radius 1 is 0.935 bits per heavy atom. The highest BCUT2D eigenvalue weighted by Crippen LogP contribution is 2.17. The van der Waals surface area contributed by atoms with Crippen LogP contribution in [0, 0.1) is 13.8 Å². The lowest BCUT2D eigenvalue weighted by atomic mass is 10.1. The summed E-state index contributed by atoms with van der Waals surface area (Å²) in [4.78, 5) is 27.3. The predicted molar refractivity (Wildman–Crippen MR) is 121 cm³/mol. The minimum Gasteiger partial charge on any atom is -0.497 e. The van der Waals surface area contributed by atoms with Crippen LogP contribution in [0.1, 0.15) is 16.7 Å². The van der Waals surface area contributed by atoms with E-state index in [-0.39, 0.29) is 18.4 Å². The van der Waals surface area contributed by atoms with Gasteiger partial charge in [-0.15, -0.1) is 0 Å². The molecule has 0 unspecified atom stereocenters. The molecule has 1 saturated heterocycles. The molecule has 2 aromatic carbocycles. The fourth-order valence-electron chi connectivity index (χ4n) is 3.89. The van der Waals surface area contributed by atoms with Crippen molar-refractivity contribution in [1.29, 1.82) is 0 Å². The van der Waals surface area contributed by atoms with Crippen molar-refractivity contribution in [3.8, 4) is 5.75 Å². The Bertz CT molecular complexity index is 890. The third-order valence-corrected chi connectivity index (χ3v) is 6.01. The molecule has 1 heterocycles. The van der Waals surface area contributed by atoms with Crippen LogP contribution in [0.25, 0.3) is 0 Å². The van der Waals surface area contributed by atoms with Crippen LogP contribution in [0.15, 0.2) is 42.5 Å². The van der Waals surface area contributed by atoms with Crippen LogP contribution in [-0.2, 0) is 16.1 Å². The number of quaternary nitrogens is 2. The van der Waals surface area contributed by atoms with Gasteiger partial charge in [-0.05, 0) is 55.3 Å². The van der Waals surface area contributed by atoms with Gasteiger partial charge in [0.05, 0.1) is 13.7 Å². The number of piperazine rings is 1. The molecule has 0 saturated carbocycles. The van der Waals surface area contributed by atoms with Crippen LogP contribution in [0.4, 0.5) is 5.69 Å². The number of ether oxygens (including phenoxy) is 1. The van der Waals surface area contributed by atoms with Crippen molar-refractivity contribution >= 4 is 17.5 Å². The molecule has 1 fully saturated rings. The van der Waals surface area contributed by atoms with Gasteiger partial charge in [-0.3, -0.25) is 9.59 Å². The van der Waals surface area contributed by atoms with Crippen molar-refractivity contribution in [3.63, 3.8) is 0 Å². The molecule has 31 heavy (non-hydrogen) atoms. The molecule has 0 aliphatic carbocycles. The Balaban J connectivity index is 1.35. The fourth-order valence-corrected chi connectivity index (χ4v) is 3.89. The van der Waals surface area contributed by atoms with Gasteiger partial charge in [0, 0.05) is 11.3 Å². The van der Waals surface area contributed by atoms with E-state index in [0.717, 1.165) is 55.3 Å². The molecule has 0 atom stereocenters. The monoisotopic (exact) mass is 426 g/mol. The van der Waals surface area contributed by atoms with E-state index in [2.05, 4.69) is 22.8 Å². The Kier molecular flexibility index (Phi) is 8.03. The minimum absolute atomic E-state index is 0.00562. The highest BCUT2D eigenvalue weighted by atomic mass is 16.5. The van der Waals surface area contributed by atoms with Gasteiger partial charge < -0.3 is 25.2 Å². The van der Waals surface area contributed by atoms with Crippen molar-refractivity contribution in [2.75, 3.05) is 51.7 Å². The Morgan fingerprint density at radius 2 is 1.61 bits per heavy atom. The van der Waals surface area contributed by atoms with Gasteiger partial charge in [-0.25, -0.2) is 0 Å². The number of anilines is 1. The molecule has 0 bridgehead atoms. The van der Waals surface area contributed by atoms with E-state index in [0.29, 0.717) is 6.54 Å². The van der Waals surface area contributed by atoms with E-state index in [1.165, 1.54) is 15.4 Å². The van der Waals surface area contributed by atoms with E-state index in [1.807, 2.05) is 44.2 Å². The summed E-state index contributed by atoms with van der Waals surface area (Å²) in [5.41, 5.74) is 4.26. The van der Waals surface area contributed by atoms with E-state index in [9.17, 15) is 9.59 Å². The van der Waals surface area contributed by atoms with Gasteiger partial charge in [-0.2, -0.15) is 0 Å². The number of carbonyl (C=O) groups excluding carboxylic acids is 2. The molecule has 2 aromatic rings. The van der Waals surface area contributed by atoms with Crippen LogP contribution < -0.4 is 25.2 Å². The SMILES string of the molecule is COc1ccc(C[NH+]2CC[NH+](CC(=O)NCC(=O)Nc3cccc(C)c3C)CC2)cc1. The lowest BCUT2D eigenvalue weighted by molar-refractivity contribution is -1.02. The Hall–Kier alpha value is -2.90. The maximum Gasteiger partial charge on any atom is 0.275 e. The molecule has 4 N–H and O–H groups in total. The molecular formula is C24H34N4O3+2. The smallest absolute Gasteiger partial charge is 0.275 e. The summed E-state index contributed by atoms with van der Waals surface area (Å²) in [6, 6.07) is 14.0. The highest BCUT2D eigenvalue weighted by Gasteiger charge is 2.25. The zero-order chi connectivity index (χ0) is 22.2. The highest BCUT2D eigenvalue weighted by molar-refractivity contribution is 5.95. The first kappa shape index (κ1) is 22.8. The van der Waals surface area contributed by atoms with Crippen LogP contribution in [0.3, 0.4) is 0 Å². The molecule has 1 aliphatic heterocycles. The molecule has 3 rings (SSSR count). The molecule has 7 nitrogen and oxygen atoms in total. The van der Waals surface area contributed by atoms with Gasteiger partial charge in [0.25, 0.3) is 5.91 Å². The summed E-state index contributed by atoms with van der Waals surface area (Å²) >= 11 is 0. The number of benzene rings is 2. The summed E-state index contributed by atoms with van der Waals surface area (Å²) in [7, 11) is 1.68.